The topological polar surface area (TPSA) is 46.5 Å². The summed E-state index contributed by atoms with van der Waals surface area (Å²) >= 11 is 0. The van der Waals surface area contributed by atoms with Crippen LogP contribution in [0.3, 0.4) is 0 Å². The first-order chi connectivity index (χ1) is 9.72. The van der Waals surface area contributed by atoms with Crippen molar-refractivity contribution in [3.63, 3.8) is 0 Å². The number of ether oxygens (including phenoxy) is 1. The largest absolute Gasteiger partial charge is 0.479 e. The minimum atomic E-state index is -0.978. The number of carboxylic acids is 1. The van der Waals surface area contributed by atoms with Gasteiger partial charge in [-0.15, -0.1) is 0 Å². The van der Waals surface area contributed by atoms with Crippen molar-refractivity contribution in [1.82, 2.24) is 0 Å². The molecular weight excluding hydrogens is 252 g/mol. The van der Waals surface area contributed by atoms with Crippen LogP contribution in [0.2, 0.25) is 0 Å². The smallest absolute Gasteiger partial charge is 0.337 e. The van der Waals surface area contributed by atoms with Gasteiger partial charge in [0.15, 0.2) is 6.10 Å². The molecule has 3 rings (SSSR count). The molecule has 0 saturated heterocycles. The van der Waals surface area contributed by atoms with Gasteiger partial charge in [-0.05, 0) is 27.6 Å². The van der Waals surface area contributed by atoms with Gasteiger partial charge in [-0.25, -0.2) is 4.79 Å². The Balaban J connectivity index is 2.47. The van der Waals surface area contributed by atoms with E-state index in [0.29, 0.717) is 5.56 Å². The lowest BCUT2D eigenvalue weighted by Gasteiger charge is -2.17. The molecule has 3 nitrogen and oxygen atoms in total. The van der Waals surface area contributed by atoms with Crippen LogP contribution >= 0.6 is 0 Å². The van der Waals surface area contributed by atoms with E-state index in [4.69, 9.17) is 4.74 Å². The minimum Gasteiger partial charge on any atom is -0.479 e. The van der Waals surface area contributed by atoms with E-state index in [1.165, 1.54) is 7.11 Å². The molecule has 0 aliphatic rings. The molecule has 0 bridgehead atoms. The number of methoxy groups -OCH3 is 1. The molecule has 0 saturated carbocycles. The molecule has 0 radical (unpaired) electrons. The highest BCUT2D eigenvalue weighted by molar-refractivity contribution is 6.04. The molecule has 0 unspecified atom stereocenters. The van der Waals surface area contributed by atoms with Crippen molar-refractivity contribution in [2.75, 3.05) is 7.11 Å². The van der Waals surface area contributed by atoms with Gasteiger partial charge < -0.3 is 9.84 Å². The summed E-state index contributed by atoms with van der Waals surface area (Å²) in [6.45, 7) is 0. The maximum absolute atomic E-state index is 11.5. The lowest BCUT2D eigenvalue weighted by Crippen LogP contribution is -2.14. The van der Waals surface area contributed by atoms with E-state index in [0.717, 1.165) is 21.5 Å². The first-order valence-electron chi connectivity index (χ1n) is 6.38. The predicted molar refractivity (Wildman–Crippen MR) is 78.8 cm³/mol. The second-order valence-electron chi connectivity index (χ2n) is 4.69. The third-order valence-corrected chi connectivity index (χ3v) is 3.54. The molecule has 0 fully saturated rings. The van der Waals surface area contributed by atoms with Gasteiger partial charge in [0.05, 0.1) is 0 Å². The van der Waals surface area contributed by atoms with Crippen molar-refractivity contribution < 1.29 is 14.6 Å². The zero-order valence-corrected chi connectivity index (χ0v) is 11.0. The van der Waals surface area contributed by atoms with Crippen molar-refractivity contribution >= 4 is 27.5 Å². The Bertz CT molecular complexity index is 738. The lowest BCUT2D eigenvalue weighted by molar-refractivity contribution is -0.148. The first kappa shape index (κ1) is 12.6. The number of fused-ring (bicyclic) bond motifs is 2. The SMILES string of the molecule is CO[C@H](C(=O)O)c1c2ccccc2cc2ccccc12. The van der Waals surface area contributed by atoms with Crippen LogP contribution in [-0.4, -0.2) is 18.2 Å². The quantitative estimate of drug-likeness (QED) is 0.734. The number of aliphatic carboxylic acids is 1. The fourth-order valence-corrected chi connectivity index (χ4v) is 2.67. The van der Waals surface area contributed by atoms with E-state index in [9.17, 15) is 9.90 Å². The standard InChI is InChI=1S/C17H14O3/c1-20-16(17(18)19)15-13-8-4-2-6-11(13)10-12-7-3-5-9-14(12)15/h2-10,16H,1H3,(H,18,19)/t16-/m0/s1. The van der Waals surface area contributed by atoms with Gasteiger partial charge in [0.25, 0.3) is 0 Å². The molecule has 0 heterocycles. The zero-order valence-electron chi connectivity index (χ0n) is 11.0. The number of rotatable bonds is 3. The van der Waals surface area contributed by atoms with E-state index >= 15 is 0 Å². The van der Waals surface area contributed by atoms with Gasteiger partial charge in [0.2, 0.25) is 0 Å². The summed E-state index contributed by atoms with van der Waals surface area (Å²) in [7, 11) is 1.43. The summed E-state index contributed by atoms with van der Waals surface area (Å²) in [4.78, 5) is 11.5. The van der Waals surface area contributed by atoms with Crippen molar-refractivity contribution in [3.05, 3.63) is 60.2 Å². The second-order valence-corrected chi connectivity index (χ2v) is 4.69. The first-order valence-corrected chi connectivity index (χ1v) is 6.38. The average molecular weight is 266 g/mol. The van der Waals surface area contributed by atoms with Crippen LogP contribution in [-0.2, 0) is 9.53 Å². The van der Waals surface area contributed by atoms with E-state index in [-0.39, 0.29) is 0 Å². The maximum atomic E-state index is 11.5. The van der Waals surface area contributed by atoms with Gasteiger partial charge in [-0.3, -0.25) is 0 Å². The van der Waals surface area contributed by atoms with Crippen molar-refractivity contribution in [1.29, 1.82) is 0 Å². The molecule has 20 heavy (non-hydrogen) atoms. The fraction of sp³-hybridized carbons (Fsp3) is 0.118. The molecule has 0 aliphatic heterocycles. The van der Waals surface area contributed by atoms with Crippen LogP contribution in [0.5, 0.6) is 0 Å². The molecule has 1 N–H and O–H groups in total. The summed E-state index contributed by atoms with van der Waals surface area (Å²) in [5, 5.41) is 13.3. The number of hydrogen-bond donors (Lipinski definition) is 1. The number of carbonyl (C=O) groups is 1. The van der Waals surface area contributed by atoms with Crippen LogP contribution in [0.15, 0.2) is 54.6 Å². The number of carboxylic acid groups (broad SMARTS) is 1. The fourth-order valence-electron chi connectivity index (χ4n) is 2.67. The van der Waals surface area contributed by atoms with Gasteiger partial charge in [-0.2, -0.15) is 0 Å². The molecule has 3 aromatic carbocycles. The van der Waals surface area contributed by atoms with Crippen molar-refractivity contribution in [3.8, 4) is 0 Å². The van der Waals surface area contributed by atoms with E-state index in [1.54, 1.807) is 0 Å². The third-order valence-electron chi connectivity index (χ3n) is 3.54. The lowest BCUT2D eigenvalue weighted by atomic mass is 9.93. The summed E-state index contributed by atoms with van der Waals surface area (Å²) in [5.41, 5.74) is 0.716. The van der Waals surface area contributed by atoms with Crippen molar-refractivity contribution in [2.45, 2.75) is 6.10 Å². The van der Waals surface area contributed by atoms with E-state index < -0.39 is 12.1 Å². The Morgan fingerprint density at radius 3 is 1.95 bits per heavy atom. The van der Waals surface area contributed by atoms with Crippen molar-refractivity contribution in [2.24, 2.45) is 0 Å². The molecule has 1 atom stereocenters. The molecule has 3 heteroatoms. The Morgan fingerprint density at radius 2 is 1.50 bits per heavy atom. The van der Waals surface area contributed by atoms with Gasteiger partial charge in [0, 0.05) is 12.7 Å². The van der Waals surface area contributed by atoms with Gasteiger partial charge in [-0.1, -0.05) is 48.5 Å². The van der Waals surface area contributed by atoms with E-state index in [2.05, 4.69) is 6.07 Å². The number of benzene rings is 3. The summed E-state index contributed by atoms with van der Waals surface area (Å²) in [6, 6.07) is 17.6. The molecule has 0 amide bonds. The Kier molecular flexibility index (Phi) is 3.12. The van der Waals surface area contributed by atoms with Gasteiger partial charge in [0.1, 0.15) is 0 Å². The summed E-state index contributed by atoms with van der Waals surface area (Å²) in [5.74, 6) is -0.978. The molecular formula is C17H14O3. The molecule has 0 aromatic heterocycles. The summed E-state index contributed by atoms with van der Waals surface area (Å²) < 4.78 is 5.21. The van der Waals surface area contributed by atoms with Crippen LogP contribution in [0.25, 0.3) is 21.5 Å². The van der Waals surface area contributed by atoms with Crippen LogP contribution in [0, 0.1) is 0 Å². The molecule has 3 aromatic rings. The molecule has 100 valence electrons. The maximum Gasteiger partial charge on any atom is 0.337 e. The van der Waals surface area contributed by atoms with Crippen LogP contribution < -0.4 is 0 Å². The average Bonchev–Trinajstić information content (AvgIpc) is 2.47. The third kappa shape index (κ3) is 1.92. The Morgan fingerprint density at radius 1 is 1.00 bits per heavy atom. The predicted octanol–water partition coefficient (Wildman–Crippen LogP) is 3.77. The Hall–Kier alpha value is -2.39. The Labute approximate surface area is 116 Å². The normalized spacial score (nSPS) is 12.7. The van der Waals surface area contributed by atoms with Crippen LogP contribution in [0.4, 0.5) is 0 Å². The highest BCUT2D eigenvalue weighted by Crippen LogP contribution is 2.34. The number of hydrogen-bond acceptors (Lipinski definition) is 2. The second kappa shape index (κ2) is 4.94. The minimum absolute atomic E-state index is 0.716. The monoisotopic (exact) mass is 266 g/mol. The highest BCUT2D eigenvalue weighted by atomic mass is 16.5. The highest BCUT2D eigenvalue weighted by Gasteiger charge is 2.23. The molecule has 0 spiro atoms. The van der Waals surface area contributed by atoms with Crippen LogP contribution in [0.1, 0.15) is 11.7 Å². The zero-order chi connectivity index (χ0) is 14.1. The molecule has 0 aliphatic carbocycles. The summed E-state index contributed by atoms with van der Waals surface area (Å²) in [6.07, 6.45) is -0.967. The van der Waals surface area contributed by atoms with Gasteiger partial charge >= 0.3 is 5.97 Å². The van der Waals surface area contributed by atoms with E-state index in [1.807, 2.05) is 48.5 Å².